The zero-order valence-electron chi connectivity index (χ0n) is 10.7. The molecule has 0 radical (unpaired) electrons. The van der Waals surface area contributed by atoms with Gasteiger partial charge in [0.05, 0.1) is 22.0 Å². The minimum Gasteiger partial charge on any atom is -0.399 e. The number of aryl methyl sites for hydroxylation is 2. The lowest BCUT2D eigenvalue weighted by atomic mass is 10.1. The number of aromatic nitrogens is 1. The van der Waals surface area contributed by atoms with Crippen molar-refractivity contribution in [1.82, 2.24) is 4.98 Å². The Kier molecular flexibility index (Phi) is 3.71. The van der Waals surface area contributed by atoms with Crippen LogP contribution in [0.3, 0.4) is 0 Å². The second-order valence-electron chi connectivity index (χ2n) is 4.28. The maximum absolute atomic E-state index is 12.1. The van der Waals surface area contributed by atoms with Gasteiger partial charge in [0.15, 0.2) is 0 Å². The fraction of sp³-hybridized carbons (Fsp3) is 0.143. The van der Waals surface area contributed by atoms with Crippen LogP contribution in [0.4, 0.5) is 11.4 Å². The molecule has 2 aromatic rings. The lowest BCUT2D eigenvalue weighted by Gasteiger charge is -2.09. The van der Waals surface area contributed by atoms with Crippen molar-refractivity contribution in [3.8, 4) is 0 Å². The second kappa shape index (κ2) is 5.28. The van der Waals surface area contributed by atoms with Gasteiger partial charge in [0.25, 0.3) is 5.91 Å². The Morgan fingerprint density at radius 3 is 2.68 bits per heavy atom. The molecule has 1 aromatic carbocycles. The smallest absolute Gasteiger partial charge is 0.257 e. The van der Waals surface area contributed by atoms with Gasteiger partial charge in [-0.15, -0.1) is 0 Å². The van der Waals surface area contributed by atoms with E-state index >= 15 is 0 Å². The highest BCUT2D eigenvalue weighted by Crippen LogP contribution is 2.21. The summed E-state index contributed by atoms with van der Waals surface area (Å²) in [6, 6.07) is 8.46. The predicted octanol–water partition coefficient (Wildman–Crippen LogP) is 3.19. The molecule has 0 saturated carbocycles. The molecule has 1 aromatic heterocycles. The standard InChI is InChI=1S/C14H14ClN3O/c1-8-3-6-13(9(2)17-8)18-14(19)11-7-10(16)4-5-12(11)15/h3-7H,16H2,1-2H3,(H,18,19). The van der Waals surface area contributed by atoms with Crippen LogP contribution in [0.5, 0.6) is 0 Å². The average Bonchev–Trinajstić information content (AvgIpc) is 2.35. The van der Waals surface area contributed by atoms with Crippen molar-refractivity contribution in [2.24, 2.45) is 0 Å². The summed E-state index contributed by atoms with van der Waals surface area (Å²) in [6.07, 6.45) is 0. The zero-order chi connectivity index (χ0) is 14.0. The van der Waals surface area contributed by atoms with Gasteiger partial charge in [-0.1, -0.05) is 11.6 Å². The molecular formula is C14H14ClN3O. The highest BCUT2D eigenvalue weighted by atomic mass is 35.5. The van der Waals surface area contributed by atoms with Crippen LogP contribution in [-0.4, -0.2) is 10.9 Å². The maximum Gasteiger partial charge on any atom is 0.257 e. The Balaban J connectivity index is 2.28. The third kappa shape index (κ3) is 3.03. The highest BCUT2D eigenvalue weighted by molar-refractivity contribution is 6.34. The molecule has 0 saturated heterocycles. The van der Waals surface area contributed by atoms with Gasteiger partial charge in [-0.3, -0.25) is 9.78 Å². The van der Waals surface area contributed by atoms with Crippen LogP contribution in [0.15, 0.2) is 30.3 Å². The third-order valence-electron chi connectivity index (χ3n) is 2.71. The quantitative estimate of drug-likeness (QED) is 0.827. The van der Waals surface area contributed by atoms with Gasteiger partial charge in [-0.2, -0.15) is 0 Å². The molecule has 0 aliphatic heterocycles. The van der Waals surface area contributed by atoms with E-state index in [1.54, 1.807) is 18.2 Å². The predicted molar refractivity (Wildman–Crippen MR) is 77.5 cm³/mol. The first-order valence-corrected chi connectivity index (χ1v) is 6.16. The fourth-order valence-corrected chi connectivity index (χ4v) is 1.93. The van der Waals surface area contributed by atoms with Gasteiger partial charge in [-0.05, 0) is 44.2 Å². The zero-order valence-corrected chi connectivity index (χ0v) is 11.5. The molecule has 5 heteroatoms. The number of pyridine rings is 1. The van der Waals surface area contributed by atoms with Gasteiger partial charge >= 0.3 is 0 Å². The van der Waals surface area contributed by atoms with Crippen LogP contribution in [0.2, 0.25) is 5.02 Å². The monoisotopic (exact) mass is 275 g/mol. The lowest BCUT2D eigenvalue weighted by Crippen LogP contribution is -2.14. The van der Waals surface area contributed by atoms with E-state index in [0.717, 1.165) is 11.4 Å². The number of nitrogen functional groups attached to an aromatic ring is 1. The first-order valence-electron chi connectivity index (χ1n) is 5.78. The number of benzene rings is 1. The van der Waals surface area contributed by atoms with Crippen LogP contribution < -0.4 is 11.1 Å². The van der Waals surface area contributed by atoms with E-state index in [4.69, 9.17) is 17.3 Å². The Morgan fingerprint density at radius 1 is 1.26 bits per heavy atom. The SMILES string of the molecule is Cc1ccc(NC(=O)c2cc(N)ccc2Cl)c(C)n1. The van der Waals surface area contributed by atoms with Crippen molar-refractivity contribution in [1.29, 1.82) is 0 Å². The van der Waals surface area contributed by atoms with E-state index in [2.05, 4.69) is 10.3 Å². The number of nitrogens with two attached hydrogens (primary N) is 1. The fourth-order valence-electron chi connectivity index (χ4n) is 1.73. The lowest BCUT2D eigenvalue weighted by molar-refractivity contribution is 0.102. The van der Waals surface area contributed by atoms with E-state index in [1.165, 1.54) is 0 Å². The molecular weight excluding hydrogens is 262 g/mol. The van der Waals surface area contributed by atoms with Crippen molar-refractivity contribution in [3.63, 3.8) is 0 Å². The molecule has 0 aliphatic carbocycles. The summed E-state index contributed by atoms with van der Waals surface area (Å²) < 4.78 is 0. The van der Waals surface area contributed by atoms with Gasteiger partial charge in [-0.25, -0.2) is 0 Å². The summed E-state index contributed by atoms with van der Waals surface area (Å²) in [6.45, 7) is 3.73. The number of anilines is 2. The first kappa shape index (κ1) is 13.4. The Labute approximate surface area is 116 Å². The summed E-state index contributed by atoms with van der Waals surface area (Å²) >= 11 is 5.99. The average molecular weight is 276 g/mol. The number of carbonyl (C=O) groups is 1. The molecule has 0 atom stereocenters. The van der Waals surface area contributed by atoms with Gasteiger partial charge in [0.2, 0.25) is 0 Å². The number of halogens is 1. The van der Waals surface area contributed by atoms with Crippen LogP contribution in [0.1, 0.15) is 21.7 Å². The third-order valence-corrected chi connectivity index (χ3v) is 3.04. The molecule has 1 heterocycles. The summed E-state index contributed by atoms with van der Waals surface area (Å²) in [5, 5.41) is 3.15. The summed E-state index contributed by atoms with van der Waals surface area (Å²) in [5.41, 5.74) is 8.82. The topological polar surface area (TPSA) is 68.0 Å². The van der Waals surface area contributed by atoms with E-state index in [1.807, 2.05) is 26.0 Å². The number of hydrogen-bond acceptors (Lipinski definition) is 3. The molecule has 0 bridgehead atoms. The Hall–Kier alpha value is -2.07. The van der Waals surface area contributed by atoms with Crippen molar-refractivity contribution < 1.29 is 4.79 Å². The second-order valence-corrected chi connectivity index (χ2v) is 4.69. The van der Waals surface area contributed by atoms with Gasteiger partial charge in [0, 0.05) is 11.4 Å². The summed E-state index contributed by atoms with van der Waals surface area (Å²) in [7, 11) is 0. The minimum absolute atomic E-state index is 0.300. The van der Waals surface area contributed by atoms with Crippen molar-refractivity contribution >= 4 is 28.9 Å². The van der Waals surface area contributed by atoms with Gasteiger partial charge < -0.3 is 11.1 Å². The minimum atomic E-state index is -0.300. The first-order chi connectivity index (χ1) is 8.97. The van der Waals surface area contributed by atoms with Gasteiger partial charge in [0.1, 0.15) is 0 Å². The Morgan fingerprint density at radius 2 is 2.00 bits per heavy atom. The number of carbonyl (C=O) groups excluding carboxylic acids is 1. The summed E-state index contributed by atoms with van der Waals surface area (Å²) in [5.74, 6) is -0.300. The highest BCUT2D eigenvalue weighted by Gasteiger charge is 2.12. The van der Waals surface area contributed by atoms with Crippen molar-refractivity contribution in [2.45, 2.75) is 13.8 Å². The van der Waals surface area contributed by atoms with E-state index in [0.29, 0.717) is 22.0 Å². The molecule has 4 nitrogen and oxygen atoms in total. The van der Waals surface area contributed by atoms with Crippen LogP contribution in [0, 0.1) is 13.8 Å². The molecule has 0 unspecified atom stereocenters. The van der Waals surface area contributed by atoms with Crippen LogP contribution in [-0.2, 0) is 0 Å². The molecule has 19 heavy (non-hydrogen) atoms. The Bertz CT molecular complexity index is 641. The number of hydrogen-bond donors (Lipinski definition) is 2. The number of nitrogens with one attached hydrogen (secondary N) is 1. The van der Waals surface area contributed by atoms with E-state index in [-0.39, 0.29) is 5.91 Å². The molecule has 2 rings (SSSR count). The number of amides is 1. The van der Waals surface area contributed by atoms with E-state index in [9.17, 15) is 4.79 Å². The number of nitrogens with zero attached hydrogens (tertiary/aromatic N) is 1. The largest absolute Gasteiger partial charge is 0.399 e. The van der Waals surface area contributed by atoms with Crippen molar-refractivity contribution in [2.75, 3.05) is 11.1 Å². The number of rotatable bonds is 2. The molecule has 1 amide bonds. The molecule has 98 valence electrons. The normalized spacial score (nSPS) is 10.3. The van der Waals surface area contributed by atoms with Crippen LogP contribution >= 0.6 is 11.6 Å². The maximum atomic E-state index is 12.1. The van der Waals surface area contributed by atoms with Crippen molar-refractivity contribution in [3.05, 3.63) is 52.3 Å². The molecule has 3 N–H and O–H groups in total. The summed E-state index contributed by atoms with van der Waals surface area (Å²) in [4.78, 5) is 16.4. The van der Waals surface area contributed by atoms with E-state index < -0.39 is 0 Å². The molecule has 0 aliphatic rings. The molecule has 0 fully saturated rings. The molecule has 0 spiro atoms. The van der Waals surface area contributed by atoms with Crippen LogP contribution in [0.25, 0.3) is 0 Å².